The topological polar surface area (TPSA) is 56.8 Å². The van der Waals surface area contributed by atoms with Crippen LogP contribution in [-0.2, 0) is 20.8 Å². The minimum atomic E-state index is -0.466. The van der Waals surface area contributed by atoms with Gasteiger partial charge in [0, 0.05) is 6.54 Å². The number of amides is 1. The molecule has 0 atom stereocenters. The molecule has 0 aliphatic heterocycles. The molecular weight excluding hydrogens is 306 g/mol. The summed E-state index contributed by atoms with van der Waals surface area (Å²) in [6, 6.07) is 10.2. The summed E-state index contributed by atoms with van der Waals surface area (Å²) in [6.45, 7) is 7.97. The van der Waals surface area contributed by atoms with Crippen LogP contribution >= 0.6 is 0 Å². The Bertz CT molecular complexity index is 492. The van der Waals surface area contributed by atoms with Gasteiger partial charge >= 0.3 is 6.09 Å². The van der Waals surface area contributed by atoms with E-state index in [9.17, 15) is 4.79 Å². The highest BCUT2D eigenvalue weighted by molar-refractivity contribution is 5.67. The van der Waals surface area contributed by atoms with E-state index in [1.165, 1.54) is 5.56 Å². The molecule has 0 saturated heterocycles. The molecule has 1 amide bonds. The van der Waals surface area contributed by atoms with Crippen molar-refractivity contribution >= 4 is 6.09 Å². The quantitative estimate of drug-likeness (QED) is 0.739. The Kier molecular flexibility index (Phi) is 7.06. The fraction of sp³-hybridized carbons (Fsp3) is 0.632. The van der Waals surface area contributed by atoms with Gasteiger partial charge in [-0.15, -0.1) is 0 Å². The Hall–Kier alpha value is -1.59. The summed E-state index contributed by atoms with van der Waals surface area (Å²) in [5.41, 5.74) is 0.740. The van der Waals surface area contributed by atoms with Gasteiger partial charge in [0.1, 0.15) is 5.60 Å². The summed E-state index contributed by atoms with van der Waals surface area (Å²) >= 11 is 0. The Morgan fingerprint density at radius 2 is 1.92 bits per heavy atom. The van der Waals surface area contributed by atoms with Crippen LogP contribution in [0.4, 0.5) is 4.79 Å². The van der Waals surface area contributed by atoms with Crippen LogP contribution in [0.5, 0.6) is 0 Å². The SMILES string of the molecule is CC(C)(C)OC(=O)NCCOC1CC(COCc2ccccc2)C1. The highest BCUT2D eigenvalue weighted by Crippen LogP contribution is 2.30. The summed E-state index contributed by atoms with van der Waals surface area (Å²) in [7, 11) is 0. The highest BCUT2D eigenvalue weighted by Gasteiger charge is 2.29. The van der Waals surface area contributed by atoms with E-state index in [-0.39, 0.29) is 6.10 Å². The number of alkyl carbamates (subject to hydrolysis) is 1. The van der Waals surface area contributed by atoms with E-state index in [0.29, 0.717) is 25.7 Å². The molecule has 0 radical (unpaired) electrons. The molecule has 0 aromatic heterocycles. The first-order valence-electron chi connectivity index (χ1n) is 8.62. The first kappa shape index (κ1) is 18.7. The van der Waals surface area contributed by atoms with Crippen molar-refractivity contribution in [2.24, 2.45) is 5.92 Å². The largest absolute Gasteiger partial charge is 0.444 e. The van der Waals surface area contributed by atoms with Crippen molar-refractivity contribution in [3.05, 3.63) is 35.9 Å². The molecule has 0 bridgehead atoms. The van der Waals surface area contributed by atoms with E-state index < -0.39 is 11.7 Å². The molecule has 1 aliphatic carbocycles. The molecule has 134 valence electrons. The summed E-state index contributed by atoms with van der Waals surface area (Å²) in [4.78, 5) is 11.5. The van der Waals surface area contributed by atoms with Crippen molar-refractivity contribution in [2.75, 3.05) is 19.8 Å². The van der Waals surface area contributed by atoms with Crippen LogP contribution in [0.2, 0.25) is 0 Å². The Labute approximate surface area is 144 Å². The average Bonchev–Trinajstić information content (AvgIpc) is 2.47. The molecule has 1 aromatic carbocycles. The summed E-state index contributed by atoms with van der Waals surface area (Å²) in [5, 5.41) is 2.70. The van der Waals surface area contributed by atoms with Crippen molar-refractivity contribution in [3.8, 4) is 0 Å². The van der Waals surface area contributed by atoms with Crippen LogP contribution in [0.25, 0.3) is 0 Å². The minimum Gasteiger partial charge on any atom is -0.444 e. The number of rotatable bonds is 8. The Morgan fingerprint density at radius 1 is 1.21 bits per heavy atom. The highest BCUT2D eigenvalue weighted by atomic mass is 16.6. The van der Waals surface area contributed by atoms with Gasteiger partial charge in [-0.05, 0) is 45.1 Å². The molecule has 1 fully saturated rings. The standard InChI is InChI=1S/C19H29NO4/c1-19(2,3)24-18(21)20-9-10-23-17-11-16(12-17)14-22-13-15-7-5-4-6-8-15/h4-8,16-17H,9-14H2,1-3H3,(H,20,21). The normalized spacial score (nSPS) is 20.3. The molecule has 0 spiro atoms. The first-order valence-corrected chi connectivity index (χ1v) is 8.62. The molecule has 24 heavy (non-hydrogen) atoms. The number of hydrogen-bond acceptors (Lipinski definition) is 4. The van der Waals surface area contributed by atoms with Crippen molar-refractivity contribution < 1.29 is 19.0 Å². The number of hydrogen-bond donors (Lipinski definition) is 1. The number of carbonyl (C=O) groups is 1. The summed E-state index contributed by atoms with van der Waals surface area (Å²) in [6.07, 6.45) is 1.95. The maximum atomic E-state index is 11.5. The lowest BCUT2D eigenvalue weighted by molar-refractivity contribution is -0.0574. The lowest BCUT2D eigenvalue weighted by Crippen LogP contribution is -2.38. The van der Waals surface area contributed by atoms with E-state index in [4.69, 9.17) is 14.2 Å². The predicted octanol–water partition coefficient (Wildman–Crippen LogP) is 3.52. The molecule has 0 heterocycles. The lowest BCUT2D eigenvalue weighted by atomic mass is 9.83. The average molecular weight is 335 g/mol. The second-order valence-electron chi connectivity index (χ2n) is 7.26. The van der Waals surface area contributed by atoms with Crippen molar-refractivity contribution in [1.29, 1.82) is 0 Å². The van der Waals surface area contributed by atoms with Gasteiger partial charge in [-0.3, -0.25) is 0 Å². The van der Waals surface area contributed by atoms with Crippen molar-refractivity contribution in [1.82, 2.24) is 5.32 Å². The van der Waals surface area contributed by atoms with Crippen molar-refractivity contribution in [2.45, 2.75) is 51.9 Å². The second-order valence-corrected chi connectivity index (χ2v) is 7.26. The van der Waals surface area contributed by atoms with Gasteiger partial charge in [0.15, 0.2) is 0 Å². The van der Waals surface area contributed by atoms with E-state index in [2.05, 4.69) is 17.4 Å². The molecule has 1 aromatic rings. The summed E-state index contributed by atoms with van der Waals surface area (Å²) in [5.74, 6) is 0.581. The van der Waals surface area contributed by atoms with Gasteiger partial charge in [-0.25, -0.2) is 4.79 Å². The number of nitrogens with one attached hydrogen (secondary N) is 1. The number of benzene rings is 1. The molecule has 1 N–H and O–H groups in total. The fourth-order valence-corrected chi connectivity index (χ4v) is 2.56. The maximum absolute atomic E-state index is 11.5. The van der Waals surface area contributed by atoms with Crippen molar-refractivity contribution in [3.63, 3.8) is 0 Å². The number of carbonyl (C=O) groups excluding carboxylic acids is 1. The zero-order chi connectivity index (χ0) is 17.4. The Balaban J connectivity index is 1.45. The van der Waals surface area contributed by atoms with Gasteiger partial charge in [0.05, 0.1) is 25.9 Å². The monoisotopic (exact) mass is 335 g/mol. The second kappa shape index (κ2) is 9.04. The third-order valence-electron chi connectivity index (χ3n) is 3.78. The van der Waals surface area contributed by atoms with E-state index in [1.54, 1.807) is 0 Å². The van der Waals surface area contributed by atoms with Crippen LogP contribution in [0.15, 0.2) is 30.3 Å². The lowest BCUT2D eigenvalue weighted by Gasteiger charge is -2.35. The Morgan fingerprint density at radius 3 is 2.58 bits per heavy atom. The van der Waals surface area contributed by atoms with E-state index >= 15 is 0 Å². The molecule has 5 nitrogen and oxygen atoms in total. The molecule has 1 saturated carbocycles. The van der Waals surface area contributed by atoms with Gasteiger partial charge in [0.25, 0.3) is 0 Å². The molecule has 0 unspecified atom stereocenters. The van der Waals surface area contributed by atoms with Crippen LogP contribution in [0.3, 0.4) is 0 Å². The van der Waals surface area contributed by atoms with Crippen LogP contribution in [0.1, 0.15) is 39.2 Å². The number of ether oxygens (including phenoxy) is 3. The smallest absolute Gasteiger partial charge is 0.407 e. The zero-order valence-corrected chi connectivity index (χ0v) is 14.9. The van der Waals surface area contributed by atoms with E-state index in [1.807, 2.05) is 39.0 Å². The van der Waals surface area contributed by atoms with Crippen LogP contribution in [-0.4, -0.2) is 37.6 Å². The molecular formula is C19H29NO4. The maximum Gasteiger partial charge on any atom is 0.407 e. The summed E-state index contributed by atoms with van der Waals surface area (Å²) < 4.78 is 16.6. The first-order chi connectivity index (χ1) is 11.4. The van der Waals surface area contributed by atoms with Gasteiger partial charge in [0.2, 0.25) is 0 Å². The van der Waals surface area contributed by atoms with Gasteiger partial charge in [-0.1, -0.05) is 30.3 Å². The molecule has 5 heteroatoms. The fourth-order valence-electron chi connectivity index (χ4n) is 2.56. The van der Waals surface area contributed by atoms with Gasteiger partial charge < -0.3 is 19.5 Å². The zero-order valence-electron chi connectivity index (χ0n) is 14.9. The third-order valence-corrected chi connectivity index (χ3v) is 3.78. The predicted molar refractivity (Wildman–Crippen MR) is 92.8 cm³/mol. The molecule has 1 aliphatic rings. The van der Waals surface area contributed by atoms with Gasteiger partial charge in [-0.2, -0.15) is 0 Å². The van der Waals surface area contributed by atoms with Crippen LogP contribution in [0, 0.1) is 5.92 Å². The molecule has 2 rings (SSSR count). The third kappa shape index (κ3) is 7.32. The van der Waals surface area contributed by atoms with Crippen LogP contribution < -0.4 is 5.32 Å². The van der Waals surface area contributed by atoms with E-state index in [0.717, 1.165) is 19.4 Å². The minimum absolute atomic E-state index is 0.288.